The fourth-order valence-electron chi connectivity index (χ4n) is 4.37. The maximum Gasteiger partial charge on any atom is 0.330 e. The zero-order valence-electron chi connectivity index (χ0n) is 28.0. The Hall–Kier alpha value is -2.80. The van der Waals surface area contributed by atoms with E-state index >= 15 is 0 Å². The van der Waals surface area contributed by atoms with E-state index < -0.39 is 0 Å². The minimum Gasteiger partial charge on any atom is -0.494 e. The average molecular weight is 650 g/mol. The number of rotatable bonds is 32. The van der Waals surface area contributed by atoms with Crippen molar-refractivity contribution in [3.8, 4) is 11.4 Å². The molecule has 1 heterocycles. The Morgan fingerprint density at radius 2 is 1.17 bits per heavy atom. The lowest BCUT2D eigenvalue weighted by Gasteiger charge is -2.07. The first-order chi connectivity index (χ1) is 22.7. The molecule has 0 spiro atoms. The fourth-order valence-corrected chi connectivity index (χ4v) is 4.37. The molecule has 0 bridgehead atoms. The van der Waals surface area contributed by atoms with E-state index in [0.717, 1.165) is 43.9 Å². The molecule has 0 aliphatic rings. The smallest absolute Gasteiger partial charge is 0.330 e. The summed E-state index contributed by atoms with van der Waals surface area (Å²) in [5.41, 5.74) is 1.08. The van der Waals surface area contributed by atoms with Crippen LogP contribution in [0.25, 0.3) is 5.69 Å². The van der Waals surface area contributed by atoms with Gasteiger partial charge in [-0.1, -0.05) is 45.1 Å². The molecule has 0 saturated heterocycles. The molecule has 0 saturated carbocycles. The minimum absolute atomic E-state index is 0.335. The van der Waals surface area contributed by atoms with Gasteiger partial charge in [0.25, 0.3) is 0 Å². The summed E-state index contributed by atoms with van der Waals surface area (Å²) in [6, 6.07) is 8.19. The third kappa shape index (κ3) is 21.1. The first kappa shape index (κ1) is 39.4. The van der Waals surface area contributed by atoms with Crippen LogP contribution < -0.4 is 9.30 Å². The van der Waals surface area contributed by atoms with Crippen LogP contribution in [0, 0.1) is 0 Å². The van der Waals surface area contributed by atoms with E-state index in [9.17, 15) is 4.79 Å². The van der Waals surface area contributed by atoms with Crippen LogP contribution >= 0.6 is 0 Å². The number of nitrogens with zero attached hydrogens (tertiary/aromatic N) is 2. The molecule has 0 radical (unpaired) electrons. The summed E-state index contributed by atoms with van der Waals surface area (Å²) in [6.07, 6.45) is 16.5. The first-order valence-electron chi connectivity index (χ1n) is 16.7. The molecule has 2 rings (SSSR count). The highest BCUT2D eigenvalue weighted by Gasteiger charge is 2.07. The fraction of sp³-hybridized carbons (Fsp3) is 0.657. The lowest BCUT2D eigenvalue weighted by Crippen LogP contribution is -2.33. The van der Waals surface area contributed by atoms with Gasteiger partial charge in [0.05, 0.1) is 85.9 Å². The van der Waals surface area contributed by atoms with Gasteiger partial charge in [-0.15, -0.1) is 0 Å². The van der Waals surface area contributed by atoms with Gasteiger partial charge in [0, 0.05) is 13.2 Å². The molecule has 1 aromatic carbocycles. The van der Waals surface area contributed by atoms with Crippen LogP contribution in [0.5, 0.6) is 5.75 Å². The zero-order chi connectivity index (χ0) is 32.8. The van der Waals surface area contributed by atoms with E-state index in [1.165, 1.54) is 38.2 Å². The maximum atomic E-state index is 11.0. The van der Waals surface area contributed by atoms with Crippen LogP contribution in [0.1, 0.15) is 51.4 Å². The van der Waals surface area contributed by atoms with Crippen molar-refractivity contribution < 1.29 is 47.3 Å². The van der Waals surface area contributed by atoms with Crippen molar-refractivity contribution in [2.75, 3.05) is 93.0 Å². The lowest BCUT2D eigenvalue weighted by atomic mass is 10.1. The molecule has 260 valence electrons. The van der Waals surface area contributed by atoms with Gasteiger partial charge in [0.2, 0.25) is 6.33 Å². The van der Waals surface area contributed by atoms with E-state index in [1.54, 1.807) is 7.11 Å². The number of ether oxygens (including phenoxy) is 8. The summed E-state index contributed by atoms with van der Waals surface area (Å²) in [4.78, 5) is 11.0. The second kappa shape index (κ2) is 28.4. The molecule has 0 aliphatic heterocycles. The van der Waals surface area contributed by atoms with Crippen molar-refractivity contribution >= 4 is 5.97 Å². The summed E-state index contributed by atoms with van der Waals surface area (Å²) in [5, 5.41) is 0. The third-order valence-corrected chi connectivity index (χ3v) is 6.96. The second-order valence-corrected chi connectivity index (χ2v) is 10.7. The van der Waals surface area contributed by atoms with E-state index in [-0.39, 0.29) is 5.97 Å². The molecule has 0 N–H and O–H groups in total. The number of aromatic nitrogens is 2. The molecule has 11 heteroatoms. The van der Waals surface area contributed by atoms with Crippen molar-refractivity contribution in [2.24, 2.45) is 0 Å². The average Bonchev–Trinajstić information content (AvgIpc) is 3.55. The van der Waals surface area contributed by atoms with Gasteiger partial charge in [-0.25, -0.2) is 13.9 Å². The largest absolute Gasteiger partial charge is 0.494 e. The number of methoxy groups -OCH3 is 1. The molecule has 1 aromatic heterocycles. The number of hydrogen-bond donors (Lipinski definition) is 0. The summed E-state index contributed by atoms with van der Waals surface area (Å²) in [6.45, 7) is 11.5. The summed E-state index contributed by atoms with van der Waals surface area (Å²) in [7, 11) is 1.65. The monoisotopic (exact) mass is 649 g/mol. The van der Waals surface area contributed by atoms with Crippen LogP contribution in [-0.4, -0.2) is 104 Å². The molecule has 0 aliphatic carbocycles. The van der Waals surface area contributed by atoms with E-state index in [1.807, 2.05) is 24.5 Å². The predicted octanol–water partition coefficient (Wildman–Crippen LogP) is 4.72. The minimum atomic E-state index is -0.335. The Morgan fingerprint density at radius 3 is 1.72 bits per heavy atom. The highest BCUT2D eigenvalue weighted by molar-refractivity contribution is 5.81. The number of carbonyl (C=O) groups is 1. The quantitative estimate of drug-likeness (QED) is 0.0483. The number of carbonyl (C=O) groups excluding carboxylic acids is 1. The van der Waals surface area contributed by atoms with Crippen LogP contribution in [0.4, 0.5) is 0 Å². The van der Waals surface area contributed by atoms with Crippen LogP contribution in [0.2, 0.25) is 0 Å². The van der Waals surface area contributed by atoms with Crippen molar-refractivity contribution in [2.45, 2.75) is 57.9 Å². The molecule has 0 fully saturated rings. The topological polar surface area (TPSA) is 99.7 Å². The number of hydrogen-bond acceptors (Lipinski definition) is 9. The van der Waals surface area contributed by atoms with Gasteiger partial charge in [-0.3, -0.25) is 0 Å². The summed E-state index contributed by atoms with van der Waals surface area (Å²) < 4.78 is 47.5. The summed E-state index contributed by atoms with van der Waals surface area (Å²) >= 11 is 0. The molecule has 0 unspecified atom stereocenters. The van der Waals surface area contributed by atoms with E-state index in [4.69, 9.17) is 37.9 Å². The maximum absolute atomic E-state index is 11.0. The van der Waals surface area contributed by atoms with Crippen molar-refractivity contribution in [1.29, 1.82) is 0 Å². The number of imidazole rings is 1. The molecule has 46 heavy (non-hydrogen) atoms. The van der Waals surface area contributed by atoms with Gasteiger partial charge < -0.3 is 37.9 Å². The number of esters is 1. The molecule has 0 atom stereocenters. The number of benzene rings is 1. The SMILES string of the molecule is C=CC(=O)OCCCCCCCCCCOc1ccc(-n2cc[n+](CCOCCOCCOCCOCCOCCOC)c2)cc1. The highest BCUT2D eigenvalue weighted by atomic mass is 16.6. The third-order valence-electron chi connectivity index (χ3n) is 6.96. The predicted molar refractivity (Wildman–Crippen MR) is 176 cm³/mol. The Kier molecular flexibility index (Phi) is 24.3. The lowest BCUT2D eigenvalue weighted by molar-refractivity contribution is -0.697. The standard InChI is InChI=1S/C35H57N2O9/c1-3-35(38)46-20-11-9-7-5-4-6-8-10-19-45-34-14-12-33(13-15-34)37-17-16-36(32-37)18-21-40-24-25-42-28-29-44-31-30-43-27-26-41-23-22-39-2/h3,12-17,32H,1,4-11,18-31H2,2H3/q+1. The first-order valence-corrected chi connectivity index (χ1v) is 16.7. The normalized spacial score (nSPS) is 11.2. The second-order valence-electron chi connectivity index (χ2n) is 10.7. The van der Waals surface area contributed by atoms with Crippen LogP contribution in [-0.2, 0) is 44.5 Å². The Balaban J connectivity index is 1.39. The van der Waals surface area contributed by atoms with Crippen LogP contribution in [0.3, 0.4) is 0 Å². The molecule has 0 amide bonds. The Labute approximate surface area is 275 Å². The Morgan fingerprint density at radius 1 is 0.674 bits per heavy atom. The molecule has 2 aromatic rings. The molecule has 11 nitrogen and oxygen atoms in total. The van der Waals surface area contributed by atoms with E-state index in [0.29, 0.717) is 79.3 Å². The number of unbranched alkanes of at least 4 members (excludes halogenated alkanes) is 7. The van der Waals surface area contributed by atoms with Gasteiger partial charge in [0.15, 0.2) is 0 Å². The van der Waals surface area contributed by atoms with Crippen molar-refractivity contribution in [3.63, 3.8) is 0 Å². The van der Waals surface area contributed by atoms with Crippen molar-refractivity contribution in [3.05, 3.63) is 55.6 Å². The zero-order valence-corrected chi connectivity index (χ0v) is 28.0. The van der Waals surface area contributed by atoms with E-state index in [2.05, 4.69) is 34.2 Å². The van der Waals surface area contributed by atoms with Gasteiger partial charge in [-0.2, -0.15) is 0 Å². The summed E-state index contributed by atoms with van der Waals surface area (Å²) in [5.74, 6) is 0.561. The van der Waals surface area contributed by atoms with Gasteiger partial charge >= 0.3 is 5.97 Å². The molecular weight excluding hydrogens is 592 g/mol. The van der Waals surface area contributed by atoms with Crippen LogP contribution in [0.15, 0.2) is 55.6 Å². The van der Waals surface area contributed by atoms with Gasteiger partial charge in [0.1, 0.15) is 30.4 Å². The Bertz CT molecular complexity index is 1000. The van der Waals surface area contributed by atoms with Crippen molar-refractivity contribution in [1.82, 2.24) is 4.57 Å². The van der Waals surface area contributed by atoms with Gasteiger partial charge in [-0.05, 0) is 37.1 Å². The highest BCUT2D eigenvalue weighted by Crippen LogP contribution is 2.16. The molecular formula is C35H57N2O9+.